The number of carbonyl (C=O) groups excluding carboxylic acids is 3. The summed E-state index contributed by atoms with van der Waals surface area (Å²) in [7, 11) is 2.96. The molecule has 0 aliphatic heterocycles. The lowest BCUT2D eigenvalue weighted by Crippen LogP contribution is -2.36. The molecule has 3 rings (SSSR count). The minimum atomic E-state index is -1.07. The molecule has 0 radical (unpaired) electrons. The van der Waals surface area contributed by atoms with Gasteiger partial charge in [-0.05, 0) is 31.0 Å². The third kappa shape index (κ3) is 5.50. The van der Waals surface area contributed by atoms with Gasteiger partial charge in [-0.25, -0.2) is 0 Å². The maximum atomic E-state index is 12.5. The van der Waals surface area contributed by atoms with Crippen LogP contribution in [0.25, 0.3) is 0 Å². The van der Waals surface area contributed by atoms with Crippen molar-refractivity contribution in [3.05, 3.63) is 59.7 Å². The first-order valence-electron chi connectivity index (χ1n) is 9.57. The minimum Gasteiger partial charge on any atom is -0.493 e. The van der Waals surface area contributed by atoms with Gasteiger partial charge in [-0.15, -0.1) is 0 Å². The second-order valence-electron chi connectivity index (χ2n) is 6.82. The number of amides is 2. The summed E-state index contributed by atoms with van der Waals surface area (Å²) in [5.41, 5.74) is 0.863. The zero-order chi connectivity index (χ0) is 21.5. The quantitative estimate of drug-likeness (QED) is 0.611. The lowest BCUT2D eigenvalue weighted by molar-refractivity contribution is -0.155. The van der Waals surface area contributed by atoms with Crippen molar-refractivity contribution in [2.45, 2.75) is 25.0 Å². The third-order valence-electron chi connectivity index (χ3n) is 4.55. The Hall–Kier alpha value is -3.55. The number of carbonyl (C=O) groups is 3. The molecule has 1 saturated carbocycles. The van der Waals surface area contributed by atoms with Crippen LogP contribution in [0.15, 0.2) is 48.5 Å². The molecule has 2 N–H and O–H groups in total. The molecular weight excluding hydrogens is 388 g/mol. The fraction of sp³-hybridized carbons (Fsp3) is 0.318. The smallest absolute Gasteiger partial charge is 0.326 e. The first kappa shape index (κ1) is 21.2. The number of benzene rings is 2. The van der Waals surface area contributed by atoms with Crippen molar-refractivity contribution in [2.75, 3.05) is 20.8 Å². The van der Waals surface area contributed by atoms with Gasteiger partial charge >= 0.3 is 5.97 Å². The van der Waals surface area contributed by atoms with Gasteiger partial charge in [0.1, 0.15) is 6.54 Å². The Morgan fingerprint density at radius 1 is 1.00 bits per heavy atom. The van der Waals surface area contributed by atoms with Crippen LogP contribution in [-0.2, 0) is 14.3 Å². The topological polar surface area (TPSA) is 103 Å². The minimum absolute atomic E-state index is 0.132. The highest BCUT2D eigenvalue weighted by molar-refractivity contribution is 5.96. The summed E-state index contributed by atoms with van der Waals surface area (Å²) in [4.78, 5) is 37.2. The van der Waals surface area contributed by atoms with Crippen LogP contribution >= 0.6 is 0 Å². The van der Waals surface area contributed by atoms with Gasteiger partial charge in [0.15, 0.2) is 11.5 Å². The van der Waals surface area contributed by atoms with Crippen LogP contribution in [0.5, 0.6) is 11.5 Å². The largest absolute Gasteiger partial charge is 0.493 e. The number of esters is 1. The molecule has 2 amide bonds. The predicted molar refractivity (Wildman–Crippen MR) is 108 cm³/mol. The zero-order valence-electron chi connectivity index (χ0n) is 16.8. The molecule has 1 aliphatic rings. The van der Waals surface area contributed by atoms with Gasteiger partial charge < -0.3 is 24.8 Å². The standard InChI is InChI=1S/C22H24N2O6/c1-28-17-11-8-15(12-18(17)29-2)21(26)23-13-19(25)30-20(14-6-4-3-5-7-14)22(27)24-16-9-10-16/h3-8,11-12,16,20H,9-10,13H2,1-2H3,(H,23,26)(H,24,27). The van der Waals surface area contributed by atoms with Crippen molar-refractivity contribution in [3.8, 4) is 11.5 Å². The van der Waals surface area contributed by atoms with E-state index in [9.17, 15) is 14.4 Å². The van der Waals surface area contributed by atoms with E-state index in [2.05, 4.69) is 10.6 Å². The molecule has 0 bridgehead atoms. The number of hydrogen-bond donors (Lipinski definition) is 2. The summed E-state index contributed by atoms with van der Waals surface area (Å²) in [6.45, 7) is -0.382. The Morgan fingerprint density at radius 3 is 2.33 bits per heavy atom. The van der Waals surface area contributed by atoms with E-state index in [0.29, 0.717) is 22.6 Å². The van der Waals surface area contributed by atoms with Crippen molar-refractivity contribution in [1.29, 1.82) is 0 Å². The predicted octanol–water partition coefficient (Wildman–Crippen LogP) is 2.00. The van der Waals surface area contributed by atoms with Crippen LogP contribution in [-0.4, -0.2) is 44.6 Å². The van der Waals surface area contributed by atoms with Crippen molar-refractivity contribution >= 4 is 17.8 Å². The van der Waals surface area contributed by atoms with Gasteiger partial charge in [0.25, 0.3) is 11.8 Å². The maximum Gasteiger partial charge on any atom is 0.326 e. The number of nitrogens with one attached hydrogen (secondary N) is 2. The van der Waals surface area contributed by atoms with Crippen LogP contribution in [0.4, 0.5) is 0 Å². The Kier molecular flexibility index (Phi) is 6.90. The van der Waals surface area contributed by atoms with Crippen molar-refractivity contribution in [1.82, 2.24) is 10.6 Å². The number of hydrogen-bond acceptors (Lipinski definition) is 6. The van der Waals surface area contributed by atoms with Crippen LogP contribution in [0.1, 0.15) is 34.9 Å². The first-order chi connectivity index (χ1) is 14.5. The van der Waals surface area contributed by atoms with Crippen LogP contribution in [0.3, 0.4) is 0 Å². The second-order valence-corrected chi connectivity index (χ2v) is 6.82. The molecule has 0 spiro atoms. The summed E-state index contributed by atoms with van der Waals surface area (Å²) in [5, 5.41) is 5.34. The summed E-state index contributed by atoms with van der Waals surface area (Å²) >= 11 is 0. The zero-order valence-corrected chi connectivity index (χ0v) is 16.8. The first-order valence-corrected chi connectivity index (χ1v) is 9.57. The fourth-order valence-corrected chi connectivity index (χ4v) is 2.81. The van der Waals surface area contributed by atoms with Gasteiger partial charge in [-0.1, -0.05) is 30.3 Å². The SMILES string of the molecule is COc1ccc(C(=O)NCC(=O)OC(C(=O)NC2CC2)c2ccccc2)cc1OC. The van der Waals surface area contributed by atoms with E-state index in [4.69, 9.17) is 14.2 Å². The van der Waals surface area contributed by atoms with Crippen LogP contribution in [0, 0.1) is 0 Å². The highest BCUT2D eigenvalue weighted by atomic mass is 16.5. The lowest BCUT2D eigenvalue weighted by Gasteiger charge is -2.18. The molecule has 0 saturated heterocycles. The monoisotopic (exact) mass is 412 g/mol. The average molecular weight is 412 g/mol. The van der Waals surface area contributed by atoms with Gasteiger partial charge in [0.2, 0.25) is 6.10 Å². The third-order valence-corrected chi connectivity index (χ3v) is 4.55. The summed E-state index contributed by atoms with van der Waals surface area (Å²) in [6.07, 6.45) is 0.766. The Balaban J connectivity index is 1.61. The van der Waals surface area contributed by atoms with E-state index >= 15 is 0 Å². The van der Waals surface area contributed by atoms with Crippen molar-refractivity contribution in [2.24, 2.45) is 0 Å². The highest BCUT2D eigenvalue weighted by Crippen LogP contribution is 2.27. The molecular formula is C22H24N2O6. The molecule has 8 heteroatoms. The molecule has 1 unspecified atom stereocenters. The number of methoxy groups -OCH3 is 2. The molecule has 8 nitrogen and oxygen atoms in total. The van der Waals surface area contributed by atoms with Gasteiger partial charge in [-0.3, -0.25) is 14.4 Å². The molecule has 1 aliphatic carbocycles. The molecule has 0 aromatic heterocycles. The molecule has 1 fully saturated rings. The summed E-state index contributed by atoms with van der Waals surface area (Å²) in [6, 6.07) is 13.6. The van der Waals surface area contributed by atoms with Crippen LogP contribution in [0.2, 0.25) is 0 Å². The van der Waals surface area contributed by atoms with E-state index in [1.165, 1.54) is 20.3 Å². The highest BCUT2D eigenvalue weighted by Gasteiger charge is 2.30. The van der Waals surface area contributed by atoms with E-state index in [1.54, 1.807) is 36.4 Å². The van der Waals surface area contributed by atoms with E-state index in [0.717, 1.165) is 12.8 Å². The van der Waals surface area contributed by atoms with E-state index in [1.807, 2.05) is 6.07 Å². The normalized spacial score (nSPS) is 13.7. The van der Waals surface area contributed by atoms with Gasteiger partial charge in [0.05, 0.1) is 14.2 Å². The Labute approximate surface area is 174 Å². The molecule has 30 heavy (non-hydrogen) atoms. The average Bonchev–Trinajstić information content (AvgIpc) is 3.59. The summed E-state index contributed by atoms with van der Waals surface area (Å²) < 4.78 is 15.7. The van der Waals surface area contributed by atoms with Crippen molar-refractivity contribution in [3.63, 3.8) is 0 Å². The van der Waals surface area contributed by atoms with E-state index < -0.39 is 18.0 Å². The molecule has 2 aromatic carbocycles. The maximum absolute atomic E-state index is 12.5. The molecule has 158 valence electrons. The second kappa shape index (κ2) is 9.78. The molecule has 2 aromatic rings. The number of rotatable bonds is 9. The fourth-order valence-electron chi connectivity index (χ4n) is 2.81. The molecule has 0 heterocycles. The molecule has 1 atom stereocenters. The van der Waals surface area contributed by atoms with Gasteiger partial charge in [0, 0.05) is 17.2 Å². The van der Waals surface area contributed by atoms with Crippen molar-refractivity contribution < 1.29 is 28.6 Å². The van der Waals surface area contributed by atoms with E-state index in [-0.39, 0.29) is 18.5 Å². The van der Waals surface area contributed by atoms with Gasteiger partial charge in [-0.2, -0.15) is 0 Å². The Morgan fingerprint density at radius 2 is 1.70 bits per heavy atom. The number of ether oxygens (including phenoxy) is 3. The Bertz CT molecular complexity index is 911. The summed E-state index contributed by atoms with van der Waals surface area (Å²) in [5.74, 6) is -0.687. The lowest BCUT2D eigenvalue weighted by atomic mass is 10.1. The van der Waals surface area contributed by atoms with Crippen LogP contribution < -0.4 is 20.1 Å².